The van der Waals surface area contributed by atoms with E-state index in [0.29, 0.717) is 6.54 Å². The maximum atomic E-state index is 5.79. The molecule has 0 aliphatic carbocycles. The molecule has 1 heterocycles. The Morgan fingerprint density at radius 2 is 1.87 bits per heavy atom. The predicted molar refractivity (Wildman–Crippen MR) is 62.2 cm³/mol. The summed E-state index contributed by atoms with van der Waals surface area (Å²) < 4.78 is 5.44. The van der Waals surface area contributed by atoms with Crippen LogP contribution in [0.2, 0.25) is 5.02 Å². The van der Waals surface area contributed by atoms with Crippen LogP contribution in [-0.4, -0.2) is 0 Å². The molecular formula is C12H12ClNO. The average molecular weight is 222 g/mol. The molecule has 1 aromatic carbocycles. The standard InChI is InChI=1S/C12H12ClNO/c1-9-2-7-12(15-9)8-14-11-5-3-10(13)4-6-11/h2-7,14H,8H2,1H3. The Kier molecular flexibility index (Phi) is 2.97. The van der Waals surface area contributed by atoms with Crippen LogP contribution in [0.15, 0.2) is 40.8 Å². The van der Waals surface area contributed by atoms with E-state index in [9.17, 15) is 0 Å². The van der Waals surface area contributed by atoms with Crippen LogP contribution in [0.4, 0.5) is 5.69 Å². The fourth-order valence-electron chi connectivity index (χ4n) is 1.34. The minimum Gasteiger partial charge on any atom is -0.465 e. The van der Waals surface area contributed by atoms with Crippen LogP contribution in [0.1, 0.15) is 11.5 Å². The molecule has 0 unspecified atom stereocenters. The van der Waals surface area contributed by atoms with Gasteiger partial charge in [-0.15, -0.1) is 0 Å². The molecule has 2 aromatic rings. The van der Waals surface area contributed by atoms with Gasteiger partial charge in [-0.05, 0) is 43.3 Å². The molecule has 0 radical (unpaired) electrons. The van der Waals surface area contributed by atoms with Crippen LogP contribution < -0.4 is 5.32 Å². The zero-order valence-electron chi connectivity index (χ0n) is 8.46. The van der Waals surface area contributed by atoms with Crippen molar-refractivity contribution in [3.05, 3.63) is 52.9 Å². The Balaban J connectivity index is 1.96. The Labute approximate surface area is 93.9 Å². The molecule has 15 heavy (non-hydrogen) atoms. The Morgan fingerprint density at radius 1 is 1.13 bits per heavy atom. The smallest absolute Gasteiger partial charge is 0.123 e. The molecule has 1 N–H and O–H groups in total. The first-order valence-corrected chi connectivity index (χ1v) is 5.16. The average Bonchev–Trinajstić information content (AvgIpc) is 2.64. The SMILES string of the molecule is Cc1ccc(CNc2ccc(Cl)cc2)o1. The van der Waals surface area contributed by atoms with E-state index in [-0.39, 0.29) is 0 Å². The lowest BCUT2D eigenvalue weighted by Gasteiger charge is -2.03. The summed E-state index contributed by atoms with van der Waals surface area (Å²) in [7, 11) is 0. The summed E-state index contributed by atoms with van der Waals surface area (Å²) in [6.45, 7) is 2.63. The third kappa shape index (κ3) is 2.77. The number of hydrogen-bond donors (Lipinski definition) is 1. The fourth-order valence-corrected chi connectivity index (χ4v) is 1.46. The number of anilines is 1. The first-order chi connectivity index (χ1) is 7.24. The van der Waals surface area contributed by atoms with Crippen molar-refractivity contribution < 1.29 is 4.42 Å². The predicted octanol–water partition coefficient (Wildman–Crippen LogP) is 3.85. The van der Waals surface area contributed by atoms with Gasteiger partial charge in [0, 0.05) is 10.7 Å². The first-order valence-electron chi connectivity index (χ1n) is 4.79. The van der Waals surface area contributed by atoms with Gasteiger partial charge in [0.15, 0.2) is 0 Å². The monoisotopic (exact) mass is 221 g/mol. The summed E-state index contributed by atoms with van der Waals surface area (Å²) in [5, 5.41) is 3.99. The molecule has 0 saturated heterocycles. The van der Waals surface area contributed by atoms with Gasteiger partial charge in [0.25, 0.3) is 0 Å². The van der Waals surface area contributed by atoms with E-state index in [1.54, 1.807) is 0 Å². The number of nitrogens with one attached hydrogen (secondary N) is 1. The van der Waals surface area contributed by atoms with Gasteiger partial charge in [0.1, 0.15) is 11.5 Å². The number of aryl methyl sites for hydroxylation is 1. The molecule has 0 amide bonds. The van der Waals surface area contributed by atoms with Crippen molar-refractivity contribution in [2.24, 2.45) is 0 Å². The Morgan fingerprint density at radius 3 is 2.47 bits per heavy atom. The van der Waals surface area contributed by atoms with Gasteiger partial charge < -0.3 is 9.73 Å². The summed E-state index contributed by atoms with van der Waals surface area (Å²) in [6, 6.07) is 11.5. The second kappa shape index (κ2) is 4.41. The van der Waals surface area contributed by atoms with E-state index in [4.69, 9.17) is 16.0 Å². The van der Waals surface area contributed by atoms with Gasteiger partial charge in [0.2, 0.25) is 0 Å². The number of halogens is 1. The van der Waals surface area contributed by atoms with Crippen molar-refractivity contribution in [1.82, 2.24) is 0 Å². The zero-order valence-corrected chi connectivity index (χ0v) is 9.21. The van der Waals surface area contributed by atoms with Crippen molar-refractivity contribution in [2.75, 3.05) is 5.32 Å². The normalized spacial score (nSPS) is 10.3. The zero-order chi connectivity index (χ0) is 10.7. The van der Waals surface area contributed by atoms with Gasteiger partial charge in [-0.3, -0.25) is 0 Å². The maximum Gasteiger partial charge on any atom is 0.123 e. The lowest BCUT2D eigenvalue weighted by atomic mass is 10.3. The molecule has 0 spiro atoms. The van der Waals surface area contributed by atoms with Crippen molar-refractivity contribution in [3.63, 3.8) is 0 Å². The number of benzene rings is 1. The molecule has 0 saturated carbocycles. The summed E-state index contributed by atoms with van der Waals surface area (Å²) in [4.78, 5) is 0. The molecule has 0 fully saturated rings. The van der Waals surface area contributed by atoms with E-state index in [1.165, 1.54) is 0 Å². The molecule has 0 aliphatic rings. The number of rotatable bonds is 3. The number of hydrogen-bond acceptors (Lipinski definition) is 2. The molecule has 2 rings (SSSR count). The van der Waals surface area contributed by atoms with Crippen LogP contribution in [-0.2, 0) is 6.54 Å². The van der Waals surface area contributed by atoms with Gasteiger partial charge >= 0.3 is 0 Å². The van der Waals surface area contributed by atoms with Gasteiger partial charge in [0.05, 0.1) is 6.54 Å². The Bertz CT molecular complexity index is 433. The molecule has 78 valence electrons. The van der Waals surface area contributed by atoms with Crippen LogP contribution in [0, 0.1) is 6.92 Å². The third-order valence-corrected chi connectivity index (χ3v) is 2.36. The van der Waals surface area contributed by atoms with Crippen molar-refractivity contribution in [2.45, 2.75) is 13.5 Å². The highest BCUT2D eigenvalue weighted by molar-refractivity contribution is 6.30. The molecule has 2 nitrogen and oxygen atoms in total. The summed E-state index contributed by atoms with van der Waals surface area (Å²) in [6.07, 6.45) is 0. The maximum absolute atomic E-state index is 5.79. The molecule has 3 heteroatoms. The molecular weight excluding hydrogens is 210 g/mol. The largest absolute Gasteiger partial charge is 0.465 e. The topological polar surface area (TPSA) is 25.2 Å². The van der Waals surface area contributed by atoms with Gasteiger partial charge in [-0.2, -0.15) is 0 Å². The van der Waals surface area contributed by atoms with Crippen LogP contribution >= 0.6 is 11.6 Å². The lowest BCUT2D eigenvalue weighted by molar-refractivity contribution is 0.490. The highest BCUT2D eigenvalue weighted by atomic mass is 35.5. The Hall–Kier alpha value is -1.41. The molecule has 1 aromatic heterocycles. The summed E-state index contributed by atoms with van der Waals surface area (Å²) in [5.41, 5.74) is 1.04. The first kappa shape index (κ1) is 10.1. The van der Waals surface area contributed by atoms with E-state index >= 15 is 0 Å². The van der Waals surface area contributed by atoms with Crippen molar-refractivity contribution in [1.29, 1.82) is 0 Å². The second-order valence-electron chi connectivity index (χ2n) is 3.37. The summed E-state index contributed by atoms with van der Waals surface area (Å²) in [5.74, 6) is 1.87. The molecule has 0 aliphatic heterocycles. The highest BCUT2D eigenvalue weighted by Gasteiger charge is 1.98. The van der Waals surface area contributed by atoms with E-state index in [2.05, 4.69) is 5.32 Å². The van der Waals surface area contributed by atoms with Gasteiger partial charge in [-0.25, -0.2) is 0 Å². The van der Waals surface area contributed by atoms with Crippen LogP contribution in [0.25, 0.3) is 0 Å². The number of furan rings is 1. The minimum absolute atomic E-state index is 0.690. The van der Waals surface area contributed by atoms with Gasteiger partial charge in [-0.1, -0.05) is 11.6 Å². The van der Waals surface area contributed by atoms with Crippen LogP contribution in [0.5, 0.6) is 0 Å². The third-order valence-electron chi connectivity index (χ3n) is 2.11. The van der Waals surface area contributed by atoms with Crippen LogP contribution in [0.3, 0.4) is 0 Å². The lowest BCUT2D eigenvalue weighted by Crippen LogP contribution is -1.97. The van der Waals surface area contributed by atoms with E-state index in [1.807, 2.05) is 43.3 Å². The second-order valence-corrected chi connectivity index (χ2v) is 3.81. The summed E-state index contributed by atoms with van der Waals surface area (Å²) >= 11 is 5.79. The van der Waals surface area contributed by atoms with E-state index < -0.39 is 0 Å². The fraction of sp³-hybridized carbons (Fsp3) is 0.167. The highest BCUT2D eigenvalue weighted by Crippen LogP contribution is 2.15. The van der Waals surface area contributed by atoms with Crippen molar-refractivity contribution >= 4 is 17.3 Å². The van der Waals surface area contributed by atoms with E-state index in [0.717, 1.165) is 22.2 Å². The minimum atomic E-state index is 0.690. The molecule has 0 bridgehead atoms. The quantitative estimate of drug-likeness (QED) is 0.852. The van der Waals surface area contributed by atoms with Crippen molar-refractivity contribution in [3.8, 4) is 0 Å². The molecule has 0 atom stereocenters.